The highest BCUT2D eigenvalue weighted by Gasteiger charge is 2.10. The first-order valence-electron chi connectivity index (χ1n) is 4.89. The van der Waals surface area contributed by atoms with Crippen molar-refractivity contribution in [3.05, 3.63) is 47.7 Å². The fourth-order valence-electron chi connectivity index (χ4n) is 1.48. The lowest BCUT2D eigenvalue weighted by molar-refractivity contribution is 0.0924. The molecule has 0 aliphatic carbocycles. The minimum Gasteiger partial charge on any atom is -0.454 e. The molecule has 86 valence electrons. The molecule has 0 spiro atoms. The second-order valence-electron chi connectivity index (χ2n) is 3.37. The van der Waals surface area contributed by atoms with Gasteiger partial charge in [-0.3, -0.25) is 10.2 Å². The summed E-state index contributed by atoms with van der Waals surface area (Å²) in [6.45, 7) is 0.397. The Bertz CT molecular complexity index is 576. The van der Waals surface area contributed by atoms with E-state index in [1.165, 1.54) is 6.07 Å². The van der Waals surface area contributed by atoms with E-state index in [1.807, 2.05) is 5.43 Å². The quantitative estimate of drug-likeness (QED) is 0.458. The standard InChI is InChI=1S/C11H10N4O2/c12-6-8-2-1-5-15(8)7-9-3-4-10(17-9)11(16)14-13/h1-5H,7,13H2,(H,14,16). The molecule has 0 bridgehead atoms. The van der Waals surface area contributed by atoms with Crippen molar-refractivity contribution >= 4 is 5.91 Å². The molecule has 0 saturated carbocycles. The first kappa shape index (κ1) is 11.0. The van der Waals surface area contributed by atoms with Crippen LogP contribution in [0, 0.1) is 11.3 Å². The molecule has 2 rings (SSSR count). The summed E-state index contributed by atoms with van der Waals surface area (Å²) < 4.78 is 7.01. The van der Waals surface area contributed by atoms with Crippen molar-refractivity contribution in [2.24, 2.45) is 5.84 Å². The number of hydrogen-bond acceptors (Lipinski definition) is 4. The second kappa shape index (κ2) is 4.55. The number of aromatic nitrogens is 1. The molecule has 17 heavy (non-hydrogen) atoms. The van der Waals surface area contributed by atoms with Gasteiger partial charge in [0.2, 0.25) is 0 Å². The average Bonchev–Trinajstić information content (AvgIpc) is 2.97. The zero-order valence-electron chi connectivity index (χ0n) is 8.88. The molecular formula is C11H10N4O2. The zero-order valence-corrected chi connectivity index (χ0v) is 8.88. The number of carbonyl (C=O) groups excluding carboxylic acids is 1. The molecule has 0 aliphatic heterocycles. The third kappa shape index (κ3) is 2.19. The number of hydrogen-bond donors (Lipinski definition) is 2. The number of nitrogen functional groups attached to an aromatic ring is 1. The Hall–Kier alpha value is -2.52. The van der Waals surface area contributed by atoms with E-state index in [2.05, 4.69) is 6.07 Å². The van der Waals surface area contributed by atoms with E-state index in [0.29, 0.717) is 18.0 Å². The van der Waals surface area contributed by atoms with E-state index in [9.17, 15) is 4.79 Å². The Kier molecular flexibility index (Phi) is 2.94. The number of nitrogens with zero attached hydrogens (tertiary/aromatic N) is 2. The van der Waals surface area contributed by atoms with Crippen molar-refractivity contribution in [2.45, 2.75) is 6.54 Å². The Balaban J connectivity index is 2.18. The first-order valence-corrected chi connectivity index (χ1v) is 4.89. The van der Waals surface area contributed by atoms with E-state index >= 15 is 0 Å². The molecule has 1 amide bonds. The molecule has 0 aliphatic rings. The third-order valence-electron chi connectivity index (χ3n) is 2.29. The predicted molar refractivity (Wildman–Crippen MR) is 58.6 cm³/mol. The summed E-state index contributed by atoms with van der Waals surface area (Å²) in [5.41, 5.74) is 2.52. The Labute approximate surface area is 97.2 Å². The highest BCUT2D eigenvalue weighted by molar-refractivity contribution is 5.90. The summed E-state index contributed by atoms with van der Waals surface area (Å²) in [7, 11) is 0. The van der Waals surface area contributed by atoms with E-state index in [1.54, 1.807) is 29.0 Å². The molecule has 6 heteroatoms. The Morgan fingerprint density at radius 2 is 2.35 bits per heavy atom. The van der Waals surface area contributed by atoms with Crippen LogP contribution < -0.4 is 11.3 Å². The van der Waals surface area contributed by atoms with Crippen molar-refractivity contribution in [3.63, 3.8) is 0 Å². The van der Waals surface area contributed by atoms with Crippen LogP contribution in [0.3, 0.4) is 0 Å². The SMILES string of the molecule is N#Cc1cccn1Cc1ccc(C(=O)NN)o1. The van der Waals surface area contributed by atoms with Crippen LogP contribution in [0.15, 0.2) is 34.9 Å². The molecule has 0 atom stereocenters. The number of carbonyl (C=O) groups is 1. The summed E-state index contributed by atoms with van der Waals surface area (Å²) in [6.07, 6.45) is 1.77. The number of furan rings is 1. The van der Waals surface area contributed by atoms with Gasteiger partial charge >= 0.3 is 5.91 Å². The van der Waals surface area contributed by atoms with Crippen LogP contribution in [-0.2, 0) is 6.54 Å². The van der Waals surface area contributed by atoms with Gasteiger partial charge in [-0.2, -0.15) is 5.26 Å². The van der Waals surface area contributed by atoms with E-state index in [4.69, 9.17) is 15.5 Å². The molecule has 6 nitrogen and oxygen atoms in total. The second-order valence-corrected chi connectivity index (χ2v) is 3.37. The van der Waals surface area contributed by atoms with Gasteiger partial charge in [0, 0.05) is 6.20 Å². The monoisotopic (exact) mass is 230 g/mol. The van der Waals surface area contributed by atoms with Crippen LogP contribution in [0.5, 0.6) is 0 Å². The largest absolute Gasteiger partial charge is 0.454 e. The van der Waals surface area contributed by atoms with Crippen LogP contribution in [-0.4, -0.2) is 10.5 Å². The minimum atomic E-state index is -0.482. The number of rotatable bonds is 3. The van der Waals surface area contributed by atoms with Gasteiger partial charge in [0.15, 0.2) is 5.76 Å². The maximum absolute atomic E-state index is 11.2. The van der Waals surface area contributed by atoms with E-state index in [0.717, 1.165) is 0 Å². The van der Waals surface area contributed by atoms with E-state index < -0.39 is 5.91 Å². The molecule has 2 aromatic heterocycles. The van der Waals surface area contributed by atoms with Crippen LogP contribution in [0.25, 0.3) is 0 Å². The Morgan fingerprint density at radius 1 is 1.53 bits per heavy atom. The summed E-state index contributed by atoms with van der Waals surface area (Å²) in [5, 5.41) is 8.83. The van der Waals surface area contributed by atoms with Crippen LogP contribution >= 0.6 is 0 Å². The lowest BCUT2D eigenvalue weighted by atomic mass is 10.4. The number of nitrogens with one attached hydrogen (secondary N) is 1. The van der Waals surface area contributed by atoms with Crippen LogP contribution in [0.4, 0.5) is 0 Å². The van der Waals surface area contributed by atoms with Gasteiger partial charge in [0.05, 0.1) is 6.54 Å². The lowest BCUT2D eigenvalue weighted by Gasteiger charge is -2.01. The summed E-state index contributed by atoms with van der Waals surface area (Å²) in [5.74, 6) is 5.23. The van der Waals surface area contributed by atoms with Crippen molar-refractivity contribution in [3.8, 4) is 6.07 Å². The van der Waals surface area contributed by atoms with Crippen molar-refractivity contribution in [1.82, 2.24) is 9.99 Å². The summed E-state index contributed by atoms with van der Waals surface area (Å²) in [6, 6.07) is 8.74. The number of nitriles is 1. The topological polar surface area (TPSA) is 97.0 Å². The number of hydrazine groups is 1. The van der Waals surface area contributed by atoms with Crippen molar-refractivity contribution in [2.75, 3.05) is 0 Å². The maximum atomic E-state index is 11.2. The Morgan fingerprint density at radius 3 is 3.06 bits per heavy atom. The smallest absolute Gasteiger partial charge is 0.300 e. The van der Waals surface area contributed by atoms with Gasteiger partial charge in [0.25, 0.3) is 0 Å². The molecular weight excluding hydrogens is 220 g/mol. The fourth-order valence-corrected chi connectivity index (χ4v) is 1.48. The predicted octanol–water partition coefficient (Wildman–Crippen LogP) is 0.605. The van der Waals surface area contributed by atoms with Gasteiger partial charge in [-0.15, -0.1) is 0 Å². The molecule has 0 saturated heterocycles. The molecule has 0 unspecified atom stereocenters. The molecule has 0 fully saturated rings. The maximum Gasteiger partial charge on any atom is 0.300 e. The molecule has 3 N–H and O–H groups in total. The number of nitrogens with two attached hydrogens (primary N) is 1. The minimum absolute atomic E-state index is 0.146. The molecule has 2 aromatic rings. The zero-order chi connectivity index (χ0) is 12.3. The molecule has 2 heterocycles. The highest BCUT2D eigenvalue weighted by Crippen LogP contribution is 2.11. The van der Waals surface area contributed by atoms with Crippen molar-refractivity contribution in [1.29, 1.82) is 5.26 Å². The average molecular weight is 230 g/mol. The van der Waals surface area contributed by atoms with E-state index in [-0.39, 0.29) is 5.76 Å². The van der Waals surface area contributed by atoms with Gasteiger partial charge in [-0.1, -0.05) is 0 Å². The van der Waals surface area contributed by atoms with Gasteiger partial charge in [-0.25, -0.2) is 5.84 Å². The summed E-state index contributed by atoms with van der Waals surface area (Å²) >= 11 is 0. The van der Waals surface area contributed by atoms with Gasteiger partial charge < -0.3 is 8.98 Å². The highest BCUT2D eigenvalue weighted by atomic mass is 16.4. The van der Waals surface area contributed by atoms with Gasteiger partial charge in [0.1, 0.15) is 17.5 Å². The molecule has 0 aromatic carbocycles. The molecule has 0 radical (unpaired) electrons. The number of amides is 1. The van der Waals surface area contributed by atoms with Gasteiger partial charge in [-0.05, 0) is 24.3 Å². The van der Waals surface area contributed by atoms with Crippen LogP contribution in [0.2, 0.25) is 0 Å². The normalized spacial score (nSPS) is 9.88. The fraction of sp³-hybridized carbons (Fsp3) is 0.0909. The lowest BCUT2D eigenvalue weighted by Crippen LogP contribution is -2.29. The van der Waals surface area contributed by atoms with Crippen LogP contribution in [0.1, 0.15) is 22.0 Å². The van der Waals surface area contributed by atoms with Crippen molar-refractivity contribution < 1.29 is 9.21 Å². The summed E-state index contributed by atoms with van der Waals surface area (Å²) in [4.78, 5) is 11.2. The first-order chi connectivity index (χ1) is 8.24. The third-order valence-corrected chi connectivity index (χ3v) is 2.29.